The molecule has 4 aliphatic rings. The summed E-state index contributed by atoms with van der Waals surface area (Å²) in [4.78, 5) is 59.3. The number of nitrogens with one attached hydrogen (secondary N) is 1. The zero-order chi connectivity index (χ0) is 31.7. The number of aliphatic carboxylic acids is 1. The summed E-state index contributed by atoms with van der Waals surface area (Å²) in [5.74, 6) is -1.27. The normalized spacial score (nSPS) is 29.6. The van der Waals surface area contributed by atoms with Gasteiger partial charge in [0.1, 0.15) is 24.3 Å². The van der Waals surface area contributed by atoms with E-state index in [9.17, 15) is 29.5 Å². The Kier molecular flexibility index (Phi) is 8.79. The van der Waals surface area contributed by atoms with Crippen LogP contribution in [0.15, 0.2) is 35.1 Å². The Hall–Kier alpha value is -4.40. The van der Waals surface area contributed by atoms with Gasteiger partial charge in [0.2, 0.25) is 5.91 Å². The lowest BCUT2D eigenvalue weighted by Gasteiger charge is -2.31. The van der Waals surface area contributed by atoms with Crippen LogP contribution in [0.3, 0.4) is 0 Å². The van der Waals surface area contributed by atoms with Gasteiger partial charge in [-0.2, -0.15) is 10.2 Å². The number of hydrogen-bond donors (Lipinski definition) is 2. The molecule has 0 spiro atoms. The van der Waals surface area contributed by atoms with Gasteiger partial charge in [-0.05, 0) is 74.5 Å². The van der Waals surface area contributed by atoms with Crippen LogP contribution in [0.2, 0.25) is 0 Å². The maximum Gasteiger partial charge on any atom is 0.408 e. The van der Waals surface area contributed by atoms with Crippen molar-refractivity contribution < 1.29 is 29.0 Å². The second kappa shape index (κ2) is 12.9. The first-order valence-corrected chi connectivity index (χ1v) is 16.0. The lowest BCUT2D eigenvalue weighted by Crippen LogP contribution is -2.55. The van der Waals surface area contributed by atoms with Crippen molar-refractivity contribution >= 4 is 28.9 Å². The van der Waals surface area contributed by atoms with E-state index >= 15 is 0 Å². The number of allylic oxidation sites excluding steroid dienone is 2. The quantitative estimate of drug-likeness (QED) is 0.478. The Morgan fingerprint density at radius 3 is 2.64 bits per heavy atom. The fourth-order valence-corrected chi connectivity index (χ4v) is 7.60. The summed E-state index contributed by atoms with van der Waals surface area (Å²) in [6.07, 6.45) is 8.68. The molecule has 3 heterocycles. The first kappa shape index (κ1) is 30.6. The van der Waals surface area contributed by atoms with Gasteiger partial charge in [0.05, 0.1) is 29.1 Å². The van der Waals surface area contributed by atoms with Crippen molar-refractivity contribution in [2.45, 2.75) is 95.5 Å². The van der Waals surface area contributed by atoms with Crippen molar-refractivity contribution in [2.24, 2.45) is 17.8 Å². The fraction of sp³-hybridized carbons (Fsp3) is 0.576. The van der Waals surface area contributed by atoms with Crippen LogP contribution in [0.4, 0.5) is 4.79 Å². The molecule has 2 N–H and O–H groups in total. The van der Waals surface area contributed by atoms with Crippen molar-refractivity contribution in [3.8, 4) is 12.1 Å². The molecule has 1 saturated heterocycles. The van der Waals surface area contributed by atoms with Gasteiger partial charge in [-0.15, -0.1) is 0 Å². The van der Waals surface area contributed by atoms with Crippen LogP contribution in [-0.4, -0.2) is 68.4 Å². The van der Waals surface area contributed by atoms with Crippen LogP contribution in [0.5, 0.6) is 6.01 Å². The van der Waals surface area contributed by atoms with Gasteiger partial charge in [0, 0.05) is 13.0 Å². The van der Waals surface area contributed by atoms with E-state index in [0.29, 0.717) is 22.4 Å². The fourth-order valence-electron chi connectivity index (χ4n) is 7.60. The van der Waals surface area contributed by atoms with Crippen LogP contribution in [0.25, 0.3) is 10.9 Å². The lowest BCUT2D eigenvalue weighted by molar-refractivity contribution is -0.149. The predicted molar refractivity (Wildman–Crippen MR) is 162 cm³/mol. The molecular formula is C33H39N5O7. The lowest BCUT2D eigenvalue weighted by atomic mass is 9.91. The van der Waals surface area contributed by atoms with Gasteiger partial charge in [-0.1, -0.05) is 31.9 Å². The molecule has 45 heavy (non-hydrogen) atoms. The SMILES string of the molecule is CC1CC[C@H]2OC(=O)N[C@@H](C3CCCC3)C(=O)N3C[C@@H](C[C@H]3C(=O)O)Oc3nc4cc(C#N)ccc4c(=O)n3CC=CCC[C@@H]12. The van der Waals surface area contributed by atoms with Gasteiger partial charge < -0.3 is 24.8 Å². The number of benzene rings is 1. The third-order valence-electron chi connectivity index (χ3n) is 10.1. The average molecular weight is 618 g/mol. The molecule has 238 valence electrons. The molecule has 2 aromatic rings. The number of ether oxygens (including phenoxy) is 2. The van der Waals surface area contributed by atoms with E-state index in [1.54, 1.807) is 12.1 Å². The average Bonchev–Trinajstić information content (AvgIpc) is 3.78. The molecule has 2 aliphatic heterocycles. The zero-order valence-corrected chi connectivity index (χ0v) is 25.4. The first-order valence-electron chi connectivity index (χ1n) is 16.0. The van der Waals surface area contributed by atoms with Crippen LogP contribution < -0.4 is 15.6 Å². The molecule has 12 heteroatoms. The number of nitrogens with zero attached hydrogens (tertiary/aromatic N) is 4. The summed E-state index contributed by atoms with van der Waals surface area (Å²) in [6, 6.07) is 4.61. The topological polar surface area (TPSA) is 164 Å². The van der Waals surface area contributed by atoms with Gasteiger partial charge in [-0.25, -0.2) is 9.59 Å². The molecule has 2 aliphatic carbocycles. The van der Waals surface area contributed by atoms with Crippen molar-refractivity contribution in [1.82, 2.24) is 19.8 Å². The van der Waals surface area contributed by atoms with E-state index in [4.69, 9.17) is 9.47 Å². The van der Waals surface area contributed by atoms with Crippen LogP contribution >= 0.6 is 0 Å². The van der Waals surface area contributed by atoms with E-state index in [1.165, 1.54) is 15.5 Å². The van der Waals surface area contributed by atoms with Gasteiger partial charge in [-0.3, -0.25) is 14.2 Å². The highest BCUT2D eigenvalue weighted by molar-refractivity contribution is 5.90. The summed E-state index contributed by atoms with van der Waals surface area (Å²) in [5.41, 5.74) is 0.287. The minimum atomic E-state index is -1.18. The van der Waals surface area contributed by atoms with Gasteiger partial charge in [0.25, 0.3) is 11.6 Å². The number of rotatable bonds is 2. The molecule has 2 bridgehead atoms. The van der Waals surface area contributed by atoms with E-state index in [0.717, 1.165) is 51.4 Å². The van der Waals surface area contributed by atoms with Gasteiger partial charge in [0.15, 0.2) is 0 Å². The number of carboxylic acids is 1. The summed E-state index contributed by atoms with van der Waals surface area (Å²) in [7, 11) is 0. The van der Waals surface area contributed by atoms with Crippen LogP contribution in [-0.2, 0) is 20.9 Å². The van der Waals surface area contributed by atoms with Crippen molar-refractivity contribution in [3.63, 3.8) is 0 Å². The number of hydrogen-bond acceptors (Lipinski definition) is 8. The second-order valence-corrected chi connectivity index (χ2v) is 12.9. The first-order chi connectivity index (χ1) is 21.7. The number of carbonyl (C=O) groups is 3. The third-order valence-corrected chi connectivity index (χ3v) is 10.1. The summed E-state index contributed by atoms with van der Waals surface area (Å²) >= 11 is 0. The minimum absolute atomic E-state index is 0.00433. The predicted octanol–water partition coefficient (Wildman–Crippen LogP) is 3.75. The molecule has 2 saturated carbocycles. The number of carbonyl (C=O) groups excluding carboxylic acids is 2. The van der Waals surface area contributed by atoms with Crippen molar-refractivity contribution in [2.75, 3.05) is 6.54 Å². The van der Waals surface area contributed by atoms with E-state index in [1.807, 2.05) is 12.2 Å². The Balaban J connectivity index is 1.39. The molecule has 1 unspecified atom stereocenters. The number of carboxylic acid groups (broad SMARTS) is 1. The third kappa shape index (κ3) is 6.26. The molecule has 1 aromatic carbocycles. The molecule has 6 rings (SSSR count). The maximum atomic E-state index is 14.1. The molecule has 1 aromatic heterocycles. The van der Waals surface area contributed by atoms with Crippen LogP contribution in [0.1, 0.15) is 70.3 Å². The van der Waals surface area contributed by atoms with Crippen molar-refractivity contribution in [1.29, 1.82) is 5.26 Å². The Bertz CT molecular complexity index is 1610. The van der Waals surface area contributed by atoms with E-state index in [2.05, 4.69) is 23.3 Å². The Morgan fingerprint density at radius 1 is 1.09 bits per heavy atom. The van der Waals surface area contributed by atoms with E-state index in [-0.39, 0.29) is 49.0 Å². The highest BCUT2D eigenvalue weighted by Gasteiger charge is 2.46. The highest BCUT2D eigenvalue weighted by atomic mass is 16.6. The standard InChI is InChI=1S/C33H39N5O7/c1-19-10-13-27-23(19)9-3-2-6-14-37-29(39)24-12-11-20(17-34)15-25(24)35-32(37)44-22-16-26(31(41)42)38(18-22)30(40)28(36-33(43)45-27)21-7-4-5-8-21/h2,6,11-12,15,19,21-23,26-28H,3-5,7-10,13-14,16,18H2,1H3,(H,36,43)(H,41,42)/t19?,22-,23+,26+,27-,28+/m1/s1. The minimum Gasteiger partial charge on any atom is -0.480 e. The zero-order valence-electron chi connectivity index (χ0n) is 25.4. The van der Waals surface area contributed by atoms with Crippen LogP contribution in [0, 0.1) is 29.1 Å². The molecule has 2 amide bonds. The summed E-state index contributed by atoms with van der Waals surface area (Å²) in [5, 5.41) is 22.7. The maximum absolute atomic E-state index is 14.1. The Labute approximate surface area is 261 Å². The molecule has 3 fully saturated rings. The number of aromatic nitrogens is 2. The van der Waals surface area contributed by atoms with E-state index < -0.39 is 36.2 Å². The molecular weight excluding hydrogens is 578 g/mol. The number of alkyl carbamates (subject to hydrolysis) is 1. The monoisotopic (exact) mass is 617 g/mol. The highest BCUT2D eigenvalue weighted by Crippen LogP contribution is 2.37. The number of nitriles is 1. The molecule has 6 atom stereocenters. The summed E-state index contributed by atoms with van der Waals surface area (Å²) in [6.45, 7) is 2.27. The second-order valence-electron chi connectivity index (χ2n) is 12.9. The van der Waals surface area contributed by atoms with Gasteiger partial charge >= 0.3 is 12.1 Å². The smallest absolute Gasteiger partial charge is 0.408 e. The van der Waals surface area contributed by atoms with Crippen molar-refractivity contribution in [3.05, 3.63) is 46.3 Å². The molecule has 12 nitrogen and oxygen atoms in total. The Morgan fingerprint density at radius 2 is 1.89 bits per heavy atom. The molecule has 0 radical (unpaired) electrons. The summed E-state index contributed by atoms with van der Waals surface area (Å²) < 4.78 is 13.6. The largest absolute Gasteiger partial charge is 0.480 e. The number of amides is 2. The number of fused-ring (bicyclic) bond motifs is 5.